The minimum absolute atomic E-state index is 0.219. The molecule has 0 aromatic heterocycles. The van der Waals surface area contributed by atoms with E-state index in [1.54, 1.807) is 0 Å². The monoisotopic (exact) mass is 241 g/mol. The van der Waals surface area contributed by atoms with E-state index in [2.05, 4.69) is 18.8 Å². The fourth-order valence-corrected chi connectivity index (χ4v) is 1.31. The fraction of sp³-hybridized carbons (Fsp3) is 0.857. The van der Waals surface area contributed by atoms with Crippen molar-refractivity contribution in [2.24, 2.45) is 16.8 Å². The third-order valence-electron chi connectivity index (χ3n) is 1.94. The molecule has 0 saturated heterocycles. The maximum atomic E-state index is 12.0. The highest BCUT2D eigenvalue weighted by molar-refractivity contribution is 5.78. The highest BCUT2D eigenvalue weighted by atomic mass is 16.6. The van der Waals surface area contributed by atoms with Gasteiger partial charge in [-0.3, -0.25) is 4.99 Å². The summed E-state index contributed by atoms with van der Waals surface area (Å²) < 4.78 is 5.38. The molecule has 0 saturated carbocycles. The number of rotatable bonds is 5. The second kappa shape index (κ2) is 6.77. The summed E-state index contributed by atoms with van der Waals surface area (Å²) in [5.41, 5.74) is -0.445. The third-order valence-corrected chi connectivity index (χ3v) is 1.94. The Labute approximate surface area is 106 Å². The average molecular weight is 241 g/mol. The lowest BCUT2D eigenvalue weighted by atomic mass is 10.0. The summed E-state index contributed by atoms with van der Waals surface area (Å²) in [6.45, 7) is 13.9. The zero-order valence-corrected chi connectivity index (χ0v) is 12.3. The van der Waals surface area contributed by atoms with E-state index < -0.39 is 5.60 Å². The molecule has 0 bridgehead atoms. The lowest BCUT2D eigenvalue weighted by Gasteiger charge is -2.23. The highest BCUT2D eigenvalue weighted by Gasteiger charge is 2.24. The molecule has 0 rings (SSSR count). The number of carbonyl (C=O) groups excluding carboxylic acids is 1. The Morgan fingerprint density at radius 1 is 1.24 bits per heavy atom. The van der Waals surface area contributed by atoms with Gasteiger partial charge in [-0.05, 0) is 39.0 Å². The van der Waals surface area contributed by atoms with Crippen molar-refractivity contribution in [3.05, 3.63) is 0 Å². The number of ether oxygens (including phenoxy) is 1. The van der Waals surface area contributed by atoms with E-state index in [-0.39, 0.29) is 12.0 Å². The Balaban J connectivity index is 4.62. The number of hydrogen-bond acceptors (Lipinski definition) is 3. The largest absolute Gasteiger partial charge is 0.458 e. The van der Waals surface area contributed by atoms with Gasteiger partial charge < -0.3 is 4.74 Å². The van der Waals surface area contributed by atoms with Gasteiger partial charge in [0.2, 0.25) is 0 Å². The Kier molecular flexibility index (Phi) is 6.43. The first-order valence-electron chi connectivity index (χ1n) is 6.38. The molecule has 1 unspecified atom stereocenters. The van der Waals surface area contributed by atoms with E-state index >= 15 is 0 Å². The molecule has 100 valence electrons. The predicted octanol–water partition coefficient (Wildman–Crippen LogP) is 3.47. The van der Waals surface area contributed by atoms with Crippen molar-refractivity contribution in [2.75, 3.05) is 0 Å². The summed E-state index contributed by atoms with van der Waals surface area (Å²) in [6, 6.07) is -0.364. The summed E-state index contributed by atoms with van der Waals surface area (Å²) in [5, 5.41) is 0. The van der Waals surface area contributed by atoms with Gasteiger partial charge in [0.05, 0.1) is 0 Å². The molecule has 0 amide bonds. The molecule has 17 heavy (non-hydrogen) atoms. The first-order chi connectivity index (χ1) is 7.61. The van der Waals surface area contributed by atoms with Crippen LogP contribution in [-0.4, -0.2) is 23.8 Å². The van der Waals surface area contributed by atoms with Crippen molar-refractivity contribution >= 4 is 12.2 Å². The molecule has 3 heteroatoms. The molecule has 0 aromatic carbocycles. The van der Waals surface area contributed by atoms with E-state index in [9.17, 15) is 4.79 Å². The molecule has 0 heterocycles. The van der Waals surface area contributed by atoms with Crippen LogP contribution in [0.15, 0.2) is 4.99 Å². The number of hydrogen-bond donors (Lipinski definition) is 0. The van der Waals surface area contributed by atoms with Gasteiger partial charge in [0, 0.05) is 6.21 Å². The molecule has 0 spiro atoms. The van der Waals surface area contributed by atoms with Crippen LogP contribution in [0, 0.1) is 11.8 Å². The quantitative estimate of drug-likeness (QED) is 0.546. The first-order valence-corrected chi connectivity index (χ1v) is 6.38. The SMILES string of the molecule is CC(C)C=NC(CC(C)C)C(=O)OC(C)(C)C. The predicted molar refractivity (Wildman–Crippen MR) is 72.4 cm³/mol. The molecular weight excluding hydrogens is 214 g/mol. The Hall–Kier alpha value is -0.860. The molecule has 0 aliphatic rings. The van der Waals surface area contributed by atoms with Gasteiger partial charge in [0.25, 0.3) is 0 Å². The minimum Gasteiger partial charge on any atom is -0.458 e. The van der Waals surface area contributed by atoms with Crippen molar-refractivity contribution < 1.29 is 9.53 Å². The van der Waals surface area contributed by atoms with Crippen LogP contribution in [0.25, 0.3) is 0 Å². The van der Waals surface area contributed by atoms with Crippen LogP contribution in [0.1, 0.15) is 54.9 Å². The molecule has 0 radical (unpaired) electrons. The molecule has 0 aliphatic carbocycles. The van der Waals surface area contributed by atoms with Gasteiger partial charge in [-0.25, -0.2) is 4.79 Å². The van der Waals surface area contributed by atoms with Gasteiger partial charge in [-0.15, -0.1) is 0 Å². The van der Waals surface area contributed by atoms with Crippen LogP contribution >= 0.6 is 0 Å². The zero-order valence-electron chi connectivity index (χ0n) is 12.3. The first kappa shape index (κ1) is 16.1. The Morgan fingerprint density at radius 3 is 2.12 bits per heavy atom. The fourth-order valence-electron chi connectivity index (χ4n) is 1.31. The van der Waals surface area contributed by atoms with Crippen molar-refractivity contribution in [2.45, 2.75) is 66.5 Å². The topological polar surface area (TPSA) is 38.7 Å². The van der Waals surface area contributed by atoms with Crippen LogP contribution in [0.5, 0.6) is 0 Å². The molecule has 3 nitrogen and oxygen atoms in total. The van der Waals surface area contributed by atoms with Crippen molar-refractivity contribution in [3.63, 3.8) is 0 Å². The second-order valence-corrected chi connectivity index (χ2v) is 6.22. The van der Waals surface area contributed by atoms with Gasteiger partial charge in [-0.1, -0.05) is 27.7 Å². The number of esters is 1. The lowest BCUT2D eigenvalue weighted by Crippen LogP contribution is -2.32. The average Bonchev–Trinajstić information content (AvgIpc) is 2.08. The van der Waals surface area contributed by atoms with Crippen LogP contribution < -0.4 is 0 Å². The van der Waals surface area contributed by atoms with Gasteiger partial charge >= 0.3 is 5.97 Å². The maximum Gasteiger partial charge on any atom is 0.331 e. The minimum atomic E-state index is -0.445. The number of nitrogens with zero attached hydrogens (tertiary/aromatic N) is 1. The molecule has 0 N–H and O–H groups in total. The second-order valence-electron chi connectivity index (χ2n) is 6.22. The summed E-state index contributed by atoms with van der Waals surface area (Å²) in [5.74, 6) is 0.562. The molecule has 0 fully saturated rings. The van der Waals surface area contributed by atoms with E-state index in [1.165, 1.54) is 0 Å². The van der Waals surface area contributed by atoms with Gasteiger partial charge in [0.15, 0.2) is 0 Å². The zero-order chi connectivity index (χ0) is 13.6. The summed E-state index contributed by atoms with van der Waals surface area (Å²) in [7, 11) is 0. The number of carbonyl (C=O) groups is 1. The summed E-state index contributed by atoms with van der Waals surface area (Å²) >= 11 is 0. The van der Waals surface area contributed by atoms with E-state index in [0.29, 0.717) is 11.8 Å². The third kappa shape index (κ3) is 8.90. The van der Waals surface area contributed by atoms with Crippen molar-refractivity contribution in [1.82, 2.24) is 0 Å². The van der Waals surface area contributed by atoms with Gasteiger partial charge in [0.1, 0.15) is 11.6 Å². The van der Waals surface area contributed by atoms with E-state index in [4.69, 9.17) is 4.74 Å². The lowest BCUT2D eigenvalue weighted by molar-refractivity contribution is -0.156. The molecule has 0 aromatic rings. The highest BCUT2D eigenvalue weighted by Crippen LogP contribution is 2.15. The number of aliphatic imine (C=N–C) groups is 1. The molecule has 0 aliphatic heterocycles. The maximum absolute atomic E-state index is 12.0. The Bertz CT molecular complexity index is 262. The van der Waals surface area contributed by atoms with Crippen LogP contribution in [0.3, 0.4) is 0 Å². The molecule has 1 atom stereocenters. The molecular formula is C14H27NO2. The smallest absolute Gasteiger partial charge is 0.331 e. The van der Waals surface area contributed by atoms with Crippen LogP contribution in [-0.2, 0) is 9.53 Å². The standard InChI is InChI=1S/C14H27NO2/c1-10(2)8-12(15-9-11(3)4)13(16)17-14(5,6)7/h9-12H,8H2,1-7H3. The van der Waals surface area contributed by atoms with Crippen molar-refractivity contribution in [3.8, 4) is 0 Å². The van der Waals surface area contributed by atoms with Crippen molar-refractivity contribution in [1.29, 1.82) is 0 Å². The Morgan fingerprint density at radius 2 is 1.76 bits per heavy atom. The summed E-state index contributed by atoms with van der Waals surface area (Å²) in [4.78, 5) is 16.3. The van der Waals surface area contributed by atoms with Crippen LogP contribution in [0.4, 0.5) is 0 Å². The van der Waals surface area contributed by atoms with Gasteiger partial charge in [-0.2, -0.15) is 0 Å². The normalized spacial score (nSPS) is 14.6. The van der Waals surface area contributed by atoms with E-state index in [1.807, 2.05) is 40.8 Å². The summed E-state index contributed by atoms with van der Waals surface area (Å²) in [6.07, 6.45) is 2.56. The van der Waals surface area contributed by atoms with E-state index in [0.717, 1.165) is 6.42 Å². The van der Waals surface area contributed by atoms with Crippen LogP contribution in [0.2, 0.25) is 0 Å².